The minimum Gasteiger partial charge on any atom is -0.496 e. The van der Waals surface area contributed by atoms with Gasteiger partial charge in [-0.05, 0) is 57.4 Å². The number of hydrogen-bond donors (Lipinski definition) is 0. The van der Waals surface area contributed by atoms with Crippen LogP contribution in [0, 0.1) is 12.8 Å². The van der Waals surface area contributed by atoms with Crippen LogP contribution >= 0.6 is 0 Å². The van der Waals surface area contributed by atoms with Gasteiger partial charge in [0.05, 0.1) is 13.7 Å². The summed E-state index contributed by atoms with van der Waals surface area (Å²) in [6.07, 6.45) is 36.1. The second-order valence-electron chi connectivity index (χ2n) is 21.8. The maximum Gasteiger partial charge on any atom is 0.342 e. The number of benzene rings is 1. The fourth-order valence-corrected chi connectivity index (χ4v) is 9.75. The van der Waals surface area contributed by atoms with Gasteiger partial charge < -0.3 is 37.9 Å². The van der Waals surface area contributed by atoms with Gasteiger partial charge in [0.25, 0.3) is 0 Å². The first-order valence-corrected chi connectivity index (χ1v) is 30.8. The molecule has 0 aliphatic carbocycles. The molecular weight excluding hydrogens is 993 g/mol. The molecule has 1 aromatic rings. The van der Waals surface area contributed by atoms with Crippen molar-refractivity contribution in [2.45, 2.75) is 285 Å². The predicted octanol–water partition coefficient (Wildman–Crippen LogP) is 15.9. The lowest BCUT2D eigenvalue weighted by molar-refractivity contribution is -0.170. The number of esters is 6. The molecule has 0 aromatic heterocycles. The molecule has 14 heteroatoms. The zero-order valence-corrected chi connectivity index (χ0v) is 49.9. The monoisotopic (exact) mass is 1100 g/mol. The summed E-state index contributed by atoms with van der Waals surface area (Å²) < 4.78 is 44.5. The molecule has 1 atom stereocenters. The minimum atomic E-state index is -1.00. The van der Waals surface area contributed by atoms with Crippen LogP contribution < -0.4 is 9.47 Å². The molecule has 0 amide bonds. The first-order chi connectivity index (χ1) is 37.8. The highest BCUT2D eigenvalue weighted by Crippen LogP contribution is 2.43. The van der Waals surface area contributed by atoms with E-state index in [-0.39, 0.29) is 51.9 Å². The van der Waals surface area contributed by atoms with Crippen LogP contribution in [0.3, 0.4) is 0 Å². The molecular formula is C64H106O14. The average Bonchev–Trinajstić information content (AvgIpc) is 3.82. The van der Waals surface area contributed by atoms with Crippen LogP contribution in [-0.4, -0.2) is 75.6 Å². The molecule has 1 aromatic carbocycles. The van der Waals surface area contributed by atoms with Gasteiger partial charge in [-0.25, -0.2) is 4.79 Å². The quantitative estimate of drug-likeness (QED) is 0.0198. The van der Waals surface area contributed by atoms with Crippen molar-refractivity contribution >= 4 is 35.8 Å². The first kappa shape index (κ1) is 69.5. The molecule has 14 nitrogen and oxygen atoms in total. The van der Waals surface area contributed by atoms with Crippen LogP contribution in [0.1, 0.15) is 286 Å². The molecule has 1 heterocycles. The number of carbonyl (C=O) groups excluding carboxylic acids is 6. The summed E-state index contributed by atoms with van der Waals surface area (Å²) in [4.78, 5) is 76.8. The zero-order valence-electron chi connectivity index (χ0n) is 49.9. The normalized spacial score (nSPS) is 12.5. The fourth-order valence-electron chi connectivity index (χ4n) is 9.75. The van der Waals surface area contributed by atoms with E-state index in [1.54, 1.807) is 14.0 Å². The van der Waals surface area contributed by atoms with Crippen molar-refractivity contribution in [3.05, 3.63) is 33.9 Å². The Morgan fingerprint density at radius 3 is 1.46 bits per heavy atom. The number of unbranched alkanes of at least 4 members (excludes halogenated alkanes) is 26. The van der Waals surface area contributed by atoms with Gasteiger partial charge >= 0.3 is 35.8 Å². The van der Waals surface area contributed by atoms with Gasteiger partial charge in [0.2, 0.25) is 6.79 Å². The number of ether oxygens (including phenoxy) is 8. The van der Waals surface area contributed by atoms with Crippen LogP contribution in [0.2, 0.25) is 0 Å². The Kier molecular flexibility index (Phi) is 40.2. The van der Waals surface area contributed by atoms with Crippen LogP contribution in [0.25, 0.3) is 0 Å². The molecule has 0 fully saturated rings. The van der Waals surface area contributed by atoms with E-state index in [4.69, 9.17) is 37.9 Å². The molecule has 0 N–H and O–H groups in total. The van der Waals surface area contributed by atoms with Gasteiger partial charge in [-0.3, -0.25) is 24.0 Å². The van der Waals surface area contributed by atoms with Crippen molar-refractivity contribution in [3.63, 3.8) is 0 Å². The molecule has 78 heavy (non-hydrogen) atoms. The van der Waals surface area contributed by atoms with E-state index in [9.17, 15) is 28.8 Å². The molecule has 2 rings (SSSR count). The van der Waals surface area contributed by atoms with Gasteiger partial charge in [0, 0.05) is 43.2 Å². The van der Waals surface area contributed by atoms with Crippen molar-refractivity contribution in [1.29, 1.82) is 0 Å². The number of allylic oxidation sites excluding steroid dienone is 2. The summed E-state index contributed by atoms with van der Waals surface area (Å²) >= 11 is 0. The smallest absolute Gasteiger partial charge is 0.342 e. The van der Waals surface area contributed by atoms with Gasteiger partial charge in [-0.1, -0.05) is 206 Å². The molecule has 0 saturated heterocycles. The standard InChI is InChI=1S/C64H106O14/c1-8-11-14-16-18-20-22-24-26-28-30-32-34-37-56(65)73-46-53(47-74-57(66)38-35-33-31-29-27-25-23-21-19-17-15-12-9-2)78-60(69)45-51(5)44-59(68)77-49-76-58(67)42-40-50(4)39-41-54-62(71-7)52(6)55-48-75-64(70)61(55)63(54)72-43-36-13-10-3/h39,51,53H,8-38,40-49H2,1-7H3. The van der Waals surface area contributed by atoms with Crippen LogP contribution in [0.15, 0.2) is 11.6 Å². The highest BCUT2D eigenvalue weighted by Gasteiger charge is 2.33. The molecule has 0 spiro atoms. The third-order valence-corrected chi connectivity index (χ3v) is 14.6. The Morgan fingerprint density at radius 2 is 0.974 bits per heavy atom. The van der Waals surface area contributed by atoms with E-state index in [2.05, 4.69) is 20.8 Å². The largest absolute Gasteiger partial charge is 0.496 e. The van der Waals surface area contributed by atoms with E-state index in [0.717, 1.165) is 80.1 Å². The number of methoxy groups -OCH3 is 1. The Balaban J connectivity index is 1.80. The summed E-state index contributed by atoms with van der Waals surface area (Å²) in [6.45, 7) is 11.6. The predicted molar refractivity (Wildman–Crippen MR) is 306 cm³/mol. The second kappa shape index (κ2) is 45.1. The van der Waals surface area contributed by atoms with Crippen molar-refractivity contribution in [2.75, 3.05) is 33.7 Å². The maximum atomic E-state index is 13.1. The summed E-state index contributed by atoms with van der Waals surface area (Å²) in [5.41, 5.74) is 3.69. The summed E-state index contributed by atoms with van der Waals surface area (Å²) in [7, 11) is 1.59. The molecule has 1 aliphatic heterocycles. The molecule has 0 saturated carbocycles. The Hall–Kier alpha value is -4.62. The van der Waals surface area contributed by atoms with Crippen molar-refractivity contribution in [2.24, 2.45) is 5.92 Å². The second-order valence-corrected chi connectivity index (χ2v) is 21.8. The maximum absolute atomic E-state index is 13.1. The Morgan fingerprint density at radius 1 is 0.538 bits per heavy atom. The van der Waals surface area contributed by atoms with Crippen LogP contribution in [0.4, 0.5) is 0 Å². The molecule has 0 radical (unpaired) electrons. The molecule has 1 unspecified atom stereocenters. The minimum absolute atomic E-state index is 0.0415. The molecule has 1 aliphatic rings. The van der Waals surface area contributed by atoms with E-state index in [1.165, 1.54) is 116 Å². The van der Waals surface area contributed by atoms with E-state index >= 15 is 0 Å². The van der Waals surface area contributed by atoms with Gasteiger partial charge in [0.1, 0.15) is 36.9 Å². The topological polar surface area (TPSA) is 176 Å². The fraction of sp³-hybridized carbons (Fsp3) is 0.781. The lowest BCUT2D eigenvalue weighted by atomic mass is 9.94. The molecule has 0 bridgehead atoms. The first-order valence-electron chi connectivity index (χ1n) is 30.8. The van der Waals surface area contributed by atoms with Crippen LogP contribution in [-0.2, 0) is 65.4 Å². The van der Waals surface area contributed by atoms with Gasteiger partial charge in [0.15, 0.2) is 6.10 Å². The number of hydrogen-bond acceptors (Lipinski definition) is 14. The highest BCUT2D eigenvalue weighted by molar-refractivity contribution is 5.98. The number of fused-ring (bicyclic) bond motifs is 1. The molecule has 446 valence electrons. The summed E-state index contributed by atoms with van der Waals surface area (Å²) in [5.74, 6) is -2.43. The van der Waals surface area contributed by atoms with Crippen LogP contribution in [0.5, 0.6) is 11.5 Å². The third-order valence-electron chi connectivity index (χ3n) is 14.6. The Labute approximate surface area is 471 Å². The average molecular weight is 1100 g/mol. The van der Waals surface area contributed by atoms with E-state index in [0.29, 0.717) is 49.4 Å². The number of cyclic esters (lactones) is 1. The van der Waals surface area contributed by atoms with Gasteiger partial charge in [-0.15, -0.1) is 0 Å². The van der Waals surface area contributed by atoms with E-state index in [1.807, 2.05) is 19.9 Å². The zero-order chi connectivity index (χ0) is 57.0. The third kappa shape index (κ3) is 32.5. The highest BCUT2D eigenvalue weighted by atomic mass is 16.7. The number of rotatable bonds is 50. The van der Waals surface area contributed by atoms with Crippen molar-refractivity contribution in [1.82, 2.24) is 0 Å². The van der Waals surface area contributed by atoms with E-state index < -0.39 is 54.6 Å². The number of carbonyl (C=O) groups is 6. The lowest BCUT2D eigenvalue weighted by Gasteiger charge is -2.19. The Bertz CT molecular complexity index is 1830. The summed E-state index contributed by atoms with van der Waals surface area (Å²) in [6, 6.07) is 0. The van der Waals surface area contributed by atoms with Crippen molar-refractivity contribution < 1.29 is 66.7 Å². The van der Waals surface area contributed by atoms with Gasteiger partial charge in [-0.2, -0.15) is 0 Å². The van der Waals surface area contributed by atoms with Crippen molar-refractivity contribution in [3.8, 4) is 11.5 Å². The SMILES string of the molecule is CCCCCCCCCCCCCCCC(=O)OCC(COC(=O)CCCCCCCCCCCCCCC)OC(=O)CC(C)CC(=O)OCOC(=O)CCC(C)=CCc1c(OC)c(C)c2c(c1OCCCCC)C(=O)OC2. The summed E-state index contributed by atoms with van der Waals surface area (Å²) in [5, 5.41) is 0. The lowest BCUT2D eigenvalue weighted by Crippen LogP contribution is -2.31.